The topological polar surface area (TPSA) is 78.4 Å². The van der Waals surface area contributed by atoms with Crippen molar-refractivity contribution < 1.29 is 14.7 Å². The third-order valence-electron chi connectivity index (χ3n) is 3.45. The summed E-state index contributed by atoms with van der Waals surface area (Å²) < 4.78 is 0. The Morgan fingerprint density at radius 2 is 1.77 bits per heavy atom. The van der Waals surface area contributed by atoms with Crippen LogP contribution >= 0.6 is 0 Å². The molecule has 2 rings (SSSR count). The van der Waals surface area contributed by atoms with Crippen molar-refractivity contribution in [3.63, 3.8) is 0 Å². The van der Waals surface area contributed by atoms with Crippen LogP contribution in [0.3, 0.4) is 0 Å². The van der Waals surface area contributed by atoms with Crippen molar-refractivity contribution in [1.82, 2.24) is 5.32 Å². The Balaban J connectivity index is 2.06. The average molecular weight is 300 g/mol. The van der Waals surface area contributed by atoms with Crippen LogP contribution in [-0.4, -0.2) is 22.6 Å². The fourth-order valence-electron chi connectivity index (χ4n) is 2.28. The predicted molar refractivity (Wildman–Crippen MR) is 87.1 cm³/mol. The number of nitrogens with one attached hydrogen (secondary N) is 2. The van der Waals surface area contributed by atoms with Gasteiger partial charge in [-0.15, -0.1) is 0 Å². The molecule has 0 fully saturated rings. The lowest BCUT2D eigenvalue weighted by molar-refractivity contribution is -0.137. The van der Waals surface area contributed by atoms with E-state index in [1.165, 1.54) is 0 Å². The lowest BCUT2D eigenvalue weighted by atomic mass is 9.99. The molecule has 0 aliphatic carbocycles. The van der Waals surface area contributed by atoms with Gasteiger partial charge in [0.1, 0.15) is 0 Å². The average Bonchev–Trinajstić information content (AvgIpc) is 2.45. The zero-order valence-electron chi connectivity index (χ0n) is 12.7. The zero-order valence-corrected chi connectivity index (χ0v) is 12.7. The molecular formula is C17H20N2O3. The van der Waals surface area contributed by atoms with Crippen LogP contribution in [0.4, 0.5) is 10.5 Å². The highest BCUT2D eigenvalue weighted by Gasteiger charge is 2.21. The summed E-state index contributed by atoms with van der Waals surface area (Å²) in [4.78, 5) is 22.8. The van der Waals surface area contributed by atoms with Crippen molar-refractivity contribution in [2.75, 3.05) is 5.32 Å². The number of aliphatic carboxylic acids is 1. The van der Waals surface area contributed by atoms with Crippen LogP contribution in [0.25, 0.3) is 10.8 Å². The molecule has 0 aliphatic heterocycles. The molecule has 0 unspecified atom stereocenters. The van der Waals surface area contributed by atoms with Gasteiger partial charge in [0, 0.05) is 17.3 Å². The Morgan fingerprint density at radius 3 is 2.50 bits per heavy atom. The summed E-state index contributed by atoms with van der Waals surface area (Å²) in [6.45, 7) is 3.61. The van der Waals surface area contributed by atoms with E-state index >= 15 is 0 Å². The van der Waals surface area contributed by atoms with Gasteiger partial charge in [-0.1, -0.05) is 36.4 Å². The molecule has 2 aromatic carbocycles. The van der Waals surface area contributed by atoms with E-state index in [-0.39, 0.29) is 12.5 Å². The van der Waals surface area contributed by atoms with Crippen molar-refractivity contribution >= 4 is 28.5 Å². The second-order valence-corrected chi connectivity index (χ2v) is 5.88. The molecule has 0 saturated carbocycles. The fraction of sp³-hybridized carbons (Fsp3) is 0.294. The van der Waals surface area contributed by atoms with E-state index in [2.05, 4.69) is 10.6 Å². The Hall–Kier alpha value is -2.56. The quantitative estimate of drug-likeness (QED) is 0.789. The molecule has 22 heavy (non-hydrogen) atoms. The van der Waals surface area contributed by atoms with Gasteiger partial charge in [-0.3, -0.25) is 4.79 Å². The molecule has 3 N–H and O–H groups in total. The molecule has 2 aromatic rings. The van der Waals surface area contributed by atoms with E-state index in [4.69, 9.17) is 5.11 Å². The predicted octanol–water partition coefficient (Wildman–Crippen LogP) is 3.60. The molecule has 116 valence electrons. The first kappa shape index (κ1) is 15.8. The van der Waals surface area contributed by atoms with Gasteiger partial charge in [-0.05, 0) is 31.7 Å². The number of rotatable bonds is 5. The van der Waals surface area contributed by atoms with Crippen molar-refractivity contribution in [3.05, 3.63) is 42.5 Å². The maximum absolute atomic E-state index is 12.1. The van der Waals surface area contributed by atoms with Gasteiger partial charge < -0.3 is 15.7 Å². The number of carboxylic acid groups (broad SMARTS) is 1. The van der Waals surface area contributed by atoms with Crippen LogP contribution in [0.5, 0.6) is 0 Å². The first-order valence-corrected chi connectivity index (χ1v) is 7.16. The lowest BCUT2D eigenvalue weighted by Gasteiger charge is -2.25. The SMILES string of the molecule is CC(C)(CCC(=O)O)NC(=O)Nc1cccc2ccccc12. The molecule has 0 saturated heterocycles. The summed E-state index contributed by atoms with van der Waals surface area (Å²) in [5, 5.41) is 16.4. The minimum atomic E-state index is -0.871. The standard InChI is InChI=1S/C17H20N2O3/c1-17(2,11-10-15(20)21)19-16(22)18-14-9-5-7-12-6-3-4-8-13(12)14/h3-9H,10-11H2,1-2H3,(H,20,21)(H2,18,19,22). The molecule has 0 aromatic heterocycles. The summed E-state index contributed by atoms with van der Waals surface area (Å²) >= 11 is 0. The monoisotopic (exact) mass is 300 g/mol. The van der Waals surface area contributed by atoms with Crippen LogP contribution < -0.4 is 10.6 Å². The van der Waals surface area contributed by atoms with Crippen molar-refractivity contribution in [2.45, 2.75) is 32.2 Å². The highest BCUT2D eigenvalue weighted by atomic mass is 16.4. The van der Waals surface area contributed by atoms with Gasteiger partial charge in [-0.2, -0.15) is 0 Å². The fourth-order valence-corrected chi connectivity index (χ4v) is 2.28. The molecule has 0 radical (unpaired) electrons. The smallest absolute Gasteiger partial charge is 0.319 e. The second kappa shape index (κ2) is 6.47. The normalized spacial score (nSPS) is 11.2. The van der Waals surface area contributed by atoms with Crippen molar-refractivity contribution in [3.8, 4) is 0 Å². The first-order chi connectivity index (χ1) is 10.4. The van der Waals surface area contributed by atoms with Crippen LogP contribution in [0.15, 0.2) is 42.5 Å². The molecule has 0 heterocycles. The number of fused-ring (bicyclic) bond motifs is 1. The maximum atomic E-state index is 12.1. The number of hydrogen-bond acceptors (Lipinski definition) is 2. The van der Waals surface area contributed by atoms with Gasteiger partial charge in [-0.25, -0.2) is 4.79 Å². The number of anilines is 1. The molecule has 0 aliphatic rings. The molecular weight excluding hydrogens is 280 g/mol. The Kier molecular flexibility index (Phi) is 4.65. The number of carbonyl (C=O) groups excluding carboxylic acids is 1. The molecule has 5 nitrogen and oxygen atoms in total. The number of carbonyl (C=O) groups is 2. The van der Waals surface area contributed by atoms with E-state index in [1.54, 1.807) is 13.8 Å². The summed E-state index contributed by atoms with van der Waals surface area (Å²) in [5.41, 5.74) is 0.136. The van der Waals surface area contributed by atoms with Crippen molar-refractivity contribution in [2.24, 2.45) is 0 Å². The molecule has 0 atom stereocenters. The van der Waals surface area contributed by atoms with E-state index in [9.17, 15) is 9.59 Å². The molecule has 0 bridgehead atoms. The second-order valence-electron chi connectivity index (χ2n) is 5.88. The van der Waals surface area contributed by atoms with Gasteiger partial charge in [0.05, 0.1) is 5.69 Å². The molecule has 2 amide bonds. The van der Waals surface area contributed by atoms with E-state index in [1.807, 2.05) is 42.5 Å². The number of urea groups is 1. The van der Waals surface area contributed by atoms with E-state index < -0.39 is 11.5 Å². The van der Waals surface area contributed by atoms with Gasteiger partial charge in [0.25, 0.3) is 0 Å². The van der Waals surface area contributed by atoms with Crippen LogP contribution in [-0.2, 0) is 4.79 Å². The summed E-state index contributed by atoms with van der Waals surface area (Å²) in [7, 11) is 0. The number of amides is 2. The van der Waals surface area contributed by atoms with Gasteiger partial charge in [0.2, 0.25) is 0 Å². The summed E-state index contributed by atoms with van der Waals surface area (Å²) in [6.07, 6.45) is 0.382. The van der Waals surface area contributed by atoms with Gasteiger partial charge in [0.15, 0.2) is 0 Å². The van der Waals surface area contributed by atoms with E-state index in [0.29, 0.717) is 6.42 Å². The van der Waals surface area contributed by atoms with Crippen molar-refractivity contribution in [1.29, 1.82) is 0 Å². The Bertz CT molecular complexity index is 690. The highest BCUT2D eigenvalue weighted by molar-refractivity contribution is 6.01. The summed E-state index contributed by atoms with van der Waals surface area (Å²) in [5.74, 6) is -0.871. The highest BCUT2D eigenvalue weighted by Crippen LogP contribution is 2.23. The number of carboxylic acids is 1. The minimum absolute atomic E-state index is 0.0154. The zero-order chi connectivity index (χ0) is 16.2. The lowest BCUT2D eigenvalue weighted by Crippen LogP contribution is -2.45. The third kappa shape index (κ3) is 4.22. The van der Waals surface area contributed by atoms with Crippen LogP contribution in [0.1, 0.15) is 26.7 Å². The first-order valence-electron chi connectivity index (χ1n) is 7.16. The molecule has 5 heteroatoms. The summed E-state index contributed by atoms with van der Waals surface area (Å²) in [6, 6.07) is 13.2. The Morgan fingerprint density at radius 1 is 1.09 bits per heavy atom. The number of benzene rings is 2. The van der Waals surface area contributed by atoms with E-state index in [0.717, 1.165) is 16.5 Å². The molecule has 0 spiro atoms. The minimum Gasteiger partial charge on any atom is -0.481 e. The van der Waals surface area contributed by atoms with Crippen LogP contribution in [0, 0.1) is 0 Å². The number of hydrogen-bond donors (Lipinski definition) is 3. The van der Waals surface area contributed by atoms with Gasteiger partial charge >= 0.3 is 12.0 Å². The maximum Gasteiger partial charge on any atom is 0.319 e. The third-order valence-corrected chi connectivity index (χ3v) is 3.45. The Labute approximate surface area is 129 Å². The van der Waals surface area contributed by atoms with Crippen LogP contribution in [0.2, 0.25) is 0 Å². The largest absolute Gasteiger partial charge is 0.481 e.